The zero-order valence-electron chi connectivity index (χ0n) is 28.1. The second kappa shape index (κ2) is 10.8. The third-order valence-corrected chi connectivity index (χ3v) is 12.1. The summed E-state index contributed by atoms with van der Waals surface area (Å²) in [7, 11) is 0.835. The summed E-state index contributed by atoms with van der Waals surface area (Å²) in [6.45, 7) is 0. The second-order valence-corrected chi connectivity index (χ2v) is 14.7. The molecule has 11 aromatic rings. The van der Waals surface area contributed by atoms with Crippen molar-refractivity contribution in [1.29, 1.82) is 0 Å². The summed E-state index contributed by atoms with van der Waals surface area (Å²) in [6.07, 6.45) is 0. The van der Waals surface area contributed by atoms with Gasteiger partial charge in [0.2, 0.25) is 0 Å². The van der Waals surface area contributed by atoms with Crippen molar-refractivity contribution in [3.63, 3.8) is 0 Å². The van der Waals surface area contributed by atoms with Gasteiger partial charge in [-0.3, -0.25) is 0 Å². The minimum Gasteiger partial charge on any atom is -0.309 e. The molecule has 3 heteroatoms. The highest BCUT2D eigenvalue weighted by Gasteiger charge is 2.23. The SMILES string of the molecule is [SiH3]c1c(-n2c3ccccc3c3ccccc32)ccc(-n2c3ccccc3c3ccccc32)c1-c1cccc2c3ccccc3c3ccccc3c12. The van der Waals surface area contributed by atoms with Crippen molar-refractivity contribution in [3.05, 3.63) is 176 Å². The molecule has 2 heterocycles. The highest BCUT2D eigenvalue weighted by atomic mass is 28.1. The fourth-order valence-corrected chi connectivity index (χ4v) is 9.90. The number of hydrogen-bond acceptors (Lipinski definition) is 0. The van der Waals surface area contributed by atoms with Gasteiger partial charge in [-0.2, -0.15) is 0 Å². The molecule has 0 atom stereocenters. The second-order valence-electron chi connectivity index (χ2n) is 13.7. The average molecular weight is 665 g/mol. The molecule has 0 saturated heterocycles. The highest BCUT2D eigenvalue weighted by molar-refractivity contribution is 6.41. The Balaban J connectivity index is 1.35. The molecule has 0 radical (unpaired) electrons. The first-order chi connectivity index (χ1) is 25.3. The number of nitrogens with zero attached hydrogens (tertiary/aromatic N) is 2. The number of aromatic nitrogens is 2. The molecule has 0 aliphatic rings. The Kier molecular flexibility index (Phi) is 6.01. The summed E-state index contributed by atoms with van der Waals surface area (Å²) in [4.78, 5) is 0. The van der Waals surface area contributed by atoms with E-state index in [9.17, 15) is 0 Å². The molecule has 51 heavy (non-hydrogen) atoms. The molecule has 2 nitrogen and oxygen atoms in total. The standard InChI is InChI=1S/C48H32N2Si/c51-48-45(50-42-26-11-7-19-35(42)36-20-8-12-27-43(36)50)29-28-44(49-40-24-9-5-17-33(40)34-18-6-10-25-41(34)49)47(48)39-23-13-22-38-32-15-2-1-14-30(32)31-16-3-4-21-37(31)46(38)39/h1-29H,51H3. The molecular weight excluding hydrogens is 633 g/mol. The number of para-hydroxylation sites is 4. The molecule has 0 spiro atoms. The van der Waals surface area contributed by atoms with Gasteiger partial charge < -0.3 is 9.13 Å². The van der Waals surface area contributed by atoms with E-state index in [1.54, 1.807) is 0 Å². The topological polar surface area (TPSA) is 9.86 Å². The number of rotatable bonds is 3. The van der Waals surface area contributed by atoms with E-state index in [0.29, 0.717) is 0 Å². The van der Waals surface area contributed by atoms with Crippen molar-refractivity contribution < 1.29 is 0 Å². The van der Waals surface area contributed by atoms with E-state index in [0.717, 1.165) is 10.2 Å². The zero-order chi connectivity index (χ0) is 33.6. The van der Waals surface area contributed by atoms with E-state index < -0.39 is 0 Å². The Morgan fingerprint density at radius 3 is 1.10 bits per heavy atom. The van der Waals surface area contributed by atoms with Crippen LogP contribution in [0.2, 0.25) is 0 Å². The number of benzene rings is 9. The van der Waals surface area contributed by atoms with Gasteiger partial charge in [-0.05, 0) is 79.5 Å². The molecule has 9 aromatic carbocycles. The summed E-state index contributed by atoms with van der Waals surface area (Å²) >= 11 is 0. The van der Waals surface area contributed by atoms with Crippen LogP contribution in [0.5, 0.6) is 0 Å². The Morgan fingerprint density at radius 1 is 0.294 bits per heavy atom. The van der Waals surface area contributed by atoms with Crippen molar-refractivity contribution in [2.75, 3.05) is 0 Å². The predicted octanol–water partition coefficient (Wildman–Crippen LogP) is 11.0. The van der Waals surface area contributed by atoms with Gasteiger partial charge >= 0.3 is 0 Å². The van der Waals surface area contributed by atoms with Crippen molar-refractivity contribution in [1.82, 2.24) is 9.13 Å². The smallest absolute Gasteiger partial charge is 0.0541 e. The first kappa shape index (κ1) is 28.4. The van der Waals surface area contributed by atoms with Gasteiger partial charge in [0, 0.05) is 43.0 Å². The minimum absolute atomic E-state index is 0.835. The van der Waals surface area contributed by atoms with Crippen molar-refractivity contribution >= 4 is 91.4 Å². The van der Waals surface area contributed by atoms with Gasteiger partial charge in [0.05, 0.1) is 27.8 Å². The fourth-order valence-electron chi connectivity index (χ4n) is 8.98. The maximum absolute atomic E-state index is 2.51. The van der Waals surface area contributed by atoms with Crippen molar-refractivity contribution in [2.45, 2.75) is 0 Å². The maximum atomic E-state index is 2.51. The van der Waals surface area contributed by atoms with Gasteiger partial charge in [-0.25, -0.2) is 0 Å². The molecule has 0 unspecified atom stereocenters. The molecule has 0 saturated carbocycles. The third-order valence-electron chi connectivity index (χ3n) is 11.1. The molecule has 0 aliphatic carbocycles. The fraction of sp³-hybridized carbons (Fsp3) is 0. The molecular formula is C48H32N2Si. The Hall–Kier alpha value is -6.42. The molecule has 0 bridgehead atoms. The zero-order valence-corrected chi connectivity index (χ0v) is 30.1. The first-order valence-electron chi connectivity index (χ1n) is 17.7. The molecule has 0 amide bonds. The van der Waals surface area contributed by atoms with E-state index in [1.807, 2.05) is 0 Å². The van der Waals surface area contributed by atoms with Gasteiger partial charge in [0.15, 0.2) is 0 Å². The lowest BCUT2D eigenvalue weighted by molar-refractivity contribution is 1.16. The van der Waals surface area contributed by atoms with Crippen LogP contribution in [-0.4, -0.2) is 19.4 Å². The van der Waals surface area contributed by atoms with Crippen LogP contribution >= 0.6 is 0 Å². The van der Waals surface area contributed by atoms with Crippen LogP contribution in [0.1, 0.15) is 0 Å². The van der Waals surface area contributed by atoms with E-state index in [2.05, 4.69) is 185 Å². The minimum atomic E-state index is 0.835. The van der Waals surface area contributed by atoms with E-state index in [-0.39, 0.29) is 0 Å². The van der Waals surface area contributed by atoms with Crippen LogP contribution in [0.15, 0.2) is 176 Å². The molecule has 11 rings (SSSR count). The summed E-state index contributed by atoms with van der Waals surface area (Å²) in [5.74, 6) is 0. The molecule has 238 valence electrons. The van der Waals surface area contributed by atoms with Crippen LogP contribution in [0.4, 0.5) is 0 Å². The molecule has 0 fully saturated rings. The van der Waals surface area contributed by atoms with Crippen LogP contribution < -0.4 is 5.19 Å². The summed E-state index contributed by atoms with van der Waals surface area (Å²) in [5.41, 5.74) is 9.97. The van der Waals surface area contributed by atoms with E-state index >= 15 is 0 Å². The highest BCUT2D eigenvalue weighted by Crippen LogP contribution is 2.43. The van der Waals surface area contributed by atoms with Crippen LogP contribution in [0.3, 0.4) is 0 Å². The van der Waals surface area contributed by atoms with Gasteiger partial charge in [0.1, 0.15) is 0 Å². The number of hydrogen-bond donors (Lipinski definition) is 0. The van der Waals surface area contributed by atoms with E-state index in [4.69, 9.17) is 0 Å². The summed E-state index contributed by atoms with van der Waals surface area (Å²) in [6, 6.07) is 65.0. The third kappa shape index (κ3) is 3.92. The molecule has 0 aliphatic heterocycles. The largest absolute Gasteiger partial charge is 0.309 e. The van der Waals surface area contributed by atoms with Gasteiger partial charge in [0.25, 0.3) is 0 Å². The Bertz CT molecular complexity index is 3060. The van der Waals surface area contributed by atoms with E-state index in [1.165, 1.54) is 104 Å². The normalized spacial score (nSPS) is 12.1. The summed E-state index contributed by atoms with van der Waals surface area (Å²) in [5, 5.41) is 14.3. The molecule has 2 aromatic heterocycles. The van der Waals surface area contributed by atoms with Gasteiger partial charge in [-0.1, -0.05) is 140 Å². The van der Waals surface area contributed by atoms with Crippen molar-refractivity contribution in [2.24, 2.45) is 0 Å². The lowest BCUT2D eigenvalue weighted by Gasteiger charge is -2.23. The number of fused-ring (bicyclic) bond motifs is 12. The van der Waals surface area contributed by atoms with Gasteiger partial charge in [-0.15, -0.1) is 0 Å². The summed E-state index contributed by atoms with van der Waals surface area (Å²) < 4.78 is 5.02. The predicted molar refractivity (Wildman–Crippen MR) is 223 cm³/mol. The Labute approximate surface area is 297 Å². The average Bonchev–Trinajstić information content (AvgIpc) is 3.71. The lowest BCUT2D eigenvalue weighted by atomic mass is 9.88. The lowest BCUT2D eigenvalue weighted by Crippen LogP contribution is -2.18. The quantitative estimate of drug-likeness (QED) is 0.131. The first-order valence-corrected chi connectivity index (χ1v) is 18.7. The maximum Gasteiger partial charge on any atom is 0.0541 e. The van der Waals surface area contributed by atoms with Crippen LogP contribution in [-0.2, 0) is 0 Å². The van der Waals surface area contributed by atoms with Crippen LogP contribution in [0, 0.1) is 0 Å². The molecule has 0 N–H and O–H groups in total. The Morgan fingerprint density at radius 2 is 0.627 bits per heavy atom. The monoisotopic (exact) mass is 664 g/mol. The van der Waals surface area contributed by atoms with Crippen molar-refractivity contribution in [3.8, 4) is 22.5 Å². The van der Waals surface area contributed by atoms with Crippen LogP contribution in [0.25, 0.3) is 98.4 Å².